The van der Waals surface area contributed by atoms with Crippen molar-refractivity contribution in [3.63, 3.8) is 0 Å². The minimum atomic E-state index is -4.00. The molecule has 0 spiro atoms. The highest BCUT2D eigenvalue weighted by molar-refractivity contribution is 7.48. The molecule has 12 heteroatoms. The van der Waals surface area contributed by atoms with E-state index in [1.54, 1.807) is 69.2 Å². The first-order chi connectivity index (χ1) is 15.3. The van der Waals surface area contributed by atoms with Crippen LogP contribution in [0.1, 0.15) is 72.9 Å². The molecule has 11 nitrogen and oxygen atoms in total. The topological polar surface area (TPSA) is 127 Å². The van der Waals surface area contributed by atoms with E-state index < -0.39 is 60.6 Å². The average molecular weight is 505 g/mol. The van der Waals surface area contributed by atoms with Gasteiger partial charge in [-0.3, -0.25) is 27.9 Å². The van der Waals surface area contributed by atoms with E-state index in [-0.39, 0.29) is 6.61 Å². The third-order valence-electron chi connectivity index (χ3n) is 5.23. The van der Waals surface area contributed by atoms with Gasteiger partial charge in [0.2, 0.25) is 0 Å². The molecule has 2 fully saturated rings. The number of nitrogens with zero attached hydrogens (tertiary/aromatic N) is 1. The van der Waals surface area contributed by atoms with Crippen LogP contribution in [0, 0.1) is 13.8 Å². The fraction of sp³-hybridized carbons (Fsp3) is 0.818. The summed E-state index contributed by atoms with van der Waals surface area (Å²) in [7, 11) is -4.00. The van der Waals surface area contributed by atoms with Gasteiger partial charge in [-0.1, -0.05) is 0 Å². The Kier molecular flexibility index (Phi) is 7.18. The van der Waals surface area contributed by atoms with Gasteiger partial charge in [-0.2, -0.15) is 0 Å². The molecule has 1 aromatic rings. The normalized spacial score (nSPS) is 27.2. The molecule has 3 rings (SSSR count). The van der Waals surface area contributed by atoms with Crippen LogP contribution in [0.5, 0.6) is 0 Å². The van der Waals surface area contributed by atoms with Gasteiger partial charge in [0, 0.05) is 11.3 Å². The van der Waals surface area contributed by atoms with Crippen molar-refractivity contribution in [3.05, 3.63) is 32.1 Å². The van der Waals surface area contributed by atoms with Crippen molar-refractivity contribution in [2.24, 2.45) is 0 Å². The zero-order chi connectivity index (χ0) is 25.9. The molecular weight excluding hydrogens is 467 g/mol. The SMILES string of the molecule is Cc1c(C)n([C@@H]2O[C@H](COP(=O)(OC(C)(C)C)OC(C)(C)C)[C@H]3OC(C)(C)O[C@H]32)c(=O)[nH]c1=O. The number of rotatable bonds is 6. The molecule has 1 N–H and O–H groups in total. The van der Waals surface area contributed by atoms with E-state index in [1.807, 2.05) is 0 Å². The van der Waals surface area contributed by atoms with E-state index >= 15 is 0 Å². The third kappa shape index (κ3) is 6.07. The Morgan fingerprint density at radius 3 is 2.06 bits per heavy atom. The van der Waals surface area contributed by atoms with Crippen LogP contribution in [-0.2, 0) is 32.3 Å². The quantitative estimate of drug-likeness (QED) is 0.580. The lowest BCUT2D eigenvalue weighted by atomic mass is 10.1. The number of phosphoric acid groups is 1. The van der Waals surface area contributed by atoms with Gasteiger partial charge in [-0.15, -0.1) is 0 Å². The molecule has 0 aliphatic carbocycles. The molecule has 0 bridgehead atoms. The maximum Gasteiger partial charge on any atom is 0.475 e. The summed E-state index contributed by atoms with van der Waals surface area (Å²) >= 11 is 0. The van der Waals surface area contributed by atoms with Gasteiger partial charge in [-0.25, -0.2) is 9.36 Å². The van der Waals surface area contributed by atoms with E-state index in [1.165, 1.54) is 4.57 Å². The molecule has 2 saturated heterocycles. The van der Waals surface area contributed by atoms with E-state index in [4.69, 9.17) is 27.8 Å². The molecule has 3 heterocycles. The van der Waals surface area contributed by atoms with E-state index in [9.17, 15) is 14.2 Å². The summed E-state index contributed by atoms with van der Waals surface area (Å²) in [5, 5.41) is 0. The first-order valence-corrected chi connectivity index (χ1v) is 12.8. The van der Waals surface area contributed by atoms with Crippen molar-refractivity contribution in [2.75, 3.05) is 6.61 Å². The fourth-order valence-corrected chi connectivity index (χ4v) is 5.78. The molecule has 34 heavy (non-hydrogen) atoms. The molecule has 1 aromatic heterocycles. The zero-order valence-corrected chi connectivity index (χ0v) is 22.5. The highest BCUT2D eigenvalue weighted by Gasteiger charge is 2.57. The number of fused-ring (bicyclic) bond motifs is 1. The van der Waals surface area contributed by atoms with Gasteiger partial charge < -0.3 is 14.2 Å². The molecule has 0 amide bonds. The lowest BCUT2D eigenvalue weighted by molar-refractivity contribution is -0.200. The van der Waals surface area contributed by atoms with Crippen LogP contribution in [0.4, 0.5) is 0 Å². The Hall–Kier alpha value is -1.33. The smallest absolute Gasteiger partial charge is 0.346 e. The van der Waals surface area contributed by atoms with Crippen LogP contribution >= 0.6 is 7.82 Å². The molecule has 194 valence electrons. The van der Waals surface area contributed by atoms with Crippen LogP contribution in [0.2, 0.25) is 0 Å². The van der Waals surface area contributed by atoms with Gasteiger partial charge in [0.25, 0.3) is 5.56 Å². The van der Waals surface area contributed by atoms with Gasteiger partial charge in [-0.05, 0) is 69.2 Å². The van der Waals surface area contributed by atoms with Crippen molar-refractivity contribution < 1.29 is 32.3 Å². The first kappa shape index (κ1) is 27.3. The molecule has 4 atom stereocenters. The molecule has 0 radical (unpaired) electrons. The number of aromatic amines is 1. The fourth-order valence-electron chi connectivity index (χ4n) is 3.96. The number of hydrogen-bond donors (Lipinski definition) is 1. The lowest BCUT2D eigenvalue weighted by Crippen LogP contribution is -2.40. The number of hydrogen-bond acceptors (Lipinski definition) is 9. The van der Waals surface area contributed by atoms with Gasteiger partial charge in [0.15, 0.2) is 12.0 Å². The van der Waals surface area contributed by atoms with Gasteiger partial charge in [0.1, 0.15) is 18.3 Å². The molecule has 0 unspecified atom stereocenters. The van der Waals surface area contributed by atoms with E-state index in [0.29, 0.717) is 11.3 Å². The monoisotopic (exact) mass is 504 g/mol. The number of aromatic nitrogens is 2. The number of phosphoric ester groups is 1. The average Bonchev–Trinajstić information content (AvgIpc) is 3.09. The van der Waals surface area contributed by atoms with Crippen LogP contribution in [0.3, 0.4) is 0 Å². The molecule has 0 aromatic carbocycles. The van der Waals surface area contributed by atoms with Crippen LogP contribution in [0.25, 0.3) is 0 Å². The van der Waals surface area contributed by atoms with Crippen molar-refractivity contribution in [1.29, 1.82) is 0 Å². The Morgan fingerprint density at radius 2 is 1.53 bits per heavy atom. The Bertz CT molecular complexity index is 1060. The second-order valence-corrected chi connectivity index (χ2v) is 12.6. The second kappa shape index (κ2) is 8.96. The third-order valence-corrected chi connectivity index (χ3v) is 7.24. The zero-order valence-electron chi connectivity index (χ0n) is 21.6. The lowest BCUT2D eigenvalue weighted by Gasteiger charge is -2.32. The number of nitrogens with one attached hydrogen (secondary N) is 1. The standard InChI is InChI=1S/C22H37N2O9P/c1-12-13(2)24(19(26)23-17(12)25)18-16-15(30-22(9,10)31-16)14(29-18)11-28-34(27,32-20(3,4)5)33-21(6,7)8/h14-16,18H,11H2,1-10H3,(H,23,25,26)/t14-,15-,16-,18-/m1/s1. The molecule has 2 aliphatic rings. The van der Waals surface area contributed by atoms with Crippen molar-refractivity contribution >= 4 is 7.82 Å². The molecule has 0 saturated carbocycles. The molecule has 2 aliphatic heterocycles. The van der Waals surface area contributed by atoms with Crippen LogP contribution < -0.4 is 11.2 Å². The minimum Gasteiger partial charge on any atom is -0.346 e. The highest BCUT2D eigenvalue weighted by atomic mass is 31.2. The predicted octanol–water partition coefficient (Wildman–Crippen LogP) is 3.33. The Balaban J connectivity index is 1.91. The maximum absolute atomic E-state index is 13.5. The highest BCUT2D eigenvalue weighted by Crippen LogP contribution is 2.56. The van der Waals surface area contributed by atoms with Gasteiger partial charge in [0.05, 0.1) is 17.8 Å². The Labute approximate surface area is 199 Å². The van der Waals surface area contributed by atoms with Crippen LogP contribution in [-0.4, -0.2) is 51.5 Å². The van der Waals surface area contributed by atoms with Crippen molar-refractivity contribution in [2.45, 2.75) is 111 Å². The van der Waals surface area contributed by atoms with E-state index in [2.05, 4.69) is 4.98 Å². The Morgan fingerprint density at radius 1 is 1.00 bits per heavy atom. The first-order valence-electron chi connectivity index (χ1n) is 11.3. The van der Waals surface area contributed by atoms with Crippen molar-refractivity contribution in [3.8, 4) is 0 Å². The van der Waals surface area contributed by atoms with Crippen molar-refractivity contribution in [1.82, 2.24) is 9.55 Å². The summed E-state index contributed by atoms with van der Waals surface area (Å²) in [5.74, 6) is -0.947. The van der Waals surface area contributed by atoms with Crippen LogP contribution in [0.15, 0.2) is 9.59 Å². The number of H-pyrrole nitrogens is 1. The second-order valence-electron chi connectivity index (χ2n) is 11.1. The number of ether oxygens (including phenoxy) is 3. The summed E-state index contributed by atoms with van der Waals surface area (Å²) in [5.41, 5.74) is -1.84. The largest absolute Gasteiger partial charge is 0.475 e. The summed E-state index contributed by atoms with van der Waals surface area (Å²) in [6.07, 6.45) is -2.95. The maximum atomic E-state index is 13.5. The summed E-state index contributed by atoms with van der Waals surface area (Å²) in [6.45, 7) is 17.1. The predicted molar refractivity (Wildman–Crippen MR) is 124 cm³/mol. The van der Waals surface area contributed by atoms with E-state index in [0.717, 1.165) is 0 Å². The van der Waals surface area contributed by atoms with Gasteiger partial charge >= 0.3 is 13.5 Å². The minimum absolute atomic E-state index is 0.198. The molecular formula is C22H37N2O9P. The summed E-state index contributed by atoms with van der Waals surface area (Å²) in [4.78, 5) is 27.0. The summed E-state index contributed by atoms with van der Waals surface area (Å²) in [6, 6.07) is 0. The summed E-state index contributed by atoms with van der Waals surface area (Å²) < 4.78 is 50.2.